The van der Waals surface area contributed by atoms with Gasteiger partial charge in [0.2, 0.25) is 0 Å². The summed E-state index contributed by atoms with van der Waals surface area (Å²) in [5, 5.41) is 1.92. The summed E-state index contributed by atoms with van der Waals surface area (Å²) >= 11 is 1.66. The minimum absolute atomic E-state index is 0.0199. The first-order chi connectivity index (χ1) is 36.2. The number of hydrogen-bond acceptors (Lipinski definition) is 5. The van der Waals surface area contributed by atoms with Crippen molar-refractivity contribution in [1.29, 1.82) is 0 Å². The van der Waals surface area contributed by atoms with Crippen LogP contribution in [0.25, 0.3) is 126 Å². The summed E-state index contributed by atoms with van der Waals surface area (Å²) in [6, 6.07) is 37.4. The van der Waals surface area contributed by atoms with Crippen molar-refractivity contribution in [3.05, 3.63) is 206 Å². The first-order valence-electron chi connectivity index (χ1n) is 26.1. The van der Waals surface area contributed by atoms with Crippen LogP contribution < -0.4 is 0 Å². The average Bonchev–Trinajstić information content (AvgIpc) is 4.16. The zero-order valence-corrected chi connectivity index (χ0v) is 33.6. The molecule has 5 nitrogen and oxygen atoms in total. The fourth-order valence-corrected chi connectivity index (χ4v) is 9.48. The van der Waals surface area contributed by atoms with E-state index in [-0.39, 0.29) is 72.9 Å². The fourth-order valence-electron chi connectivity index (χ4n) is 8.35. The van der Waals surface area contributed by atoms with Gasteiger partial charge in [-0.25, -0.2) is 15.0 Å². The maximum atomic E-state index is 9.42. The molecule has 4 aromatic heterocycles. The molecule has 0 radical (unpaired) electrons. The predicted octanol–water partition coefficient (Wildman–Crippen LogP) is 15.6. The first-order valence-corrected chi connectivity index (χ1v) is 20.9. The predicted molar refractivity (Wildman–Crippen MR) is 262 cm³/mol. The molecule has 0 atom stereocenters. The lowest BCUT2D eigenvalue weighted by Gasteiger charge is -2.09. The molecule has 0 fully saturated rings. The van der Waals surface area contributed by atoms with Crippen molar-refractivity contribution in [3.63, 3.8) is 0 Å². The molecule has 6 heteroatoms. The van der Waals surface area contributed by atoms with Crippen LogP contribution in [0.1, 0.15) is 16.4 Å². The molecule has 0 unspecified atom stereocenters. The molecule has 0 bridgehead atoms. The van der Waals surface area contributed by atoms with Gasteiger partial charge >= 0.3 is 0 Å². The monoisotopic (exact) mass is 834 g/mol. The lowest BCUT2D eigenvalue weighted by molar-refractivity contribution is 0.668. The zero-order chi connectivity index (χ0) is 51.9. The molecule has 0 amide bonds. The van der Waals surface area contributed by atoms with Crippen molar-refractivity contribution in [2.24, 2.45) is 0 Å². The summed E-state index contributed by atoms with van der Waals surface area (Å²) in [5.41, 5.74) is 5.45. The highest BCUT2D eigenvalue weighted by Crippen LogP contribution is 2.40. The standard InChI is InChI=1S/C57H34N4OS/c1-3-12-35(13-4-1)37-16-11-17-38(30-37)39-24-29-53-48(31-39)47-27-23-41(33-54(47)63-53)57-59-55(36-14-5-2-6-15-36)58-56(60-57)40-22-26-45-46-28-25-42(34-52(46)62-51(45)32-40)61-49-20-9-7-18-43(49)44-19-8-10-21-50(44)61/h1-34H/i7D,8D,9D,10D,18D,19D,20D,21D,22D,25D,26D,28D. The van der Waals surface area contributed by atoms with Crippen molar-refractivity contribution < 1.29 is 20.9 Å². The Morgan fingerprint density at radius 2 is 0.968 bits per heavy atom. The van der Waals surface area contributed by atoms with Crippen molar-refractivity contribution in [1.82, 2.24) is 19.5 Å². The average molecular weight is 835 g/mol. The largest absolute Gasteiger partial charge is 0.456 e. The van der Waals surface area contributed by atoms with E-state index >= 15 is 0 Å². The molecule has 0 saturated heterocycles. The van der Waals surface area contributed by atoms with Crippen LogP contribution in [0.3, 0.4) is 0 Å². The molecule has 0 aliphatic rings. The van der Waals surface area contributed by atoms with Crippen molar-refractivity contribution in [2.75, 3.05) is 0 Å². The van der Waals surface area contributed by atoms with E-state index in [4.69, 9.17) is 30.3 Å². The third-order valence-electron chi connectivity index (χ3n) is 11.4. The molecule has 0 saturated carbocycles. The molecule has 63 heavy (non-hydrogen) atoms. The van der Waals surface area contributed by atoms with Crippen molar-refractivity contribution in [2.45, 2.75) is 0 Å². The van der Waals surface area contributed by atoms with Gasteiger partial charge in [-0.05, 0) is 82.8 Å². The lowest BCUT2D eigenvalue weighted by Crippen LogP contribution is -2.00. The SMILES string of the molecule is [2H]c1c(-c2nc(-c3ccccc3)nc(-c3ccc4c(c3)sc3ccc(-c5cccc(-c6ccccc6)c5)cc34)n2)cc2oc3cc(-n4c5c([2H])c([2H])c([2H])c([2H])c5c5c([2H])c([2H])c([2H])c([2H])c54)c([2H])c([2H])c3c2c1[2H]. The lowest BCUT2D eigenvalue weighted by atomic mass is 9.98. The summed E-state index contributed by atoms with van der Waals surface area (Å²) in [6.45, 7) is 0. The summed E-state index contributed by atoms with van der Waals surface area (Å²) in [5.74, 6) is 0.732. The molecule has 9 aromatic carbocycles. The third kappa shape index (κ3) is 5.95. The number of nitrogens with zero attached hydrogens (tertiary/aromatic N) is 4. The van der Waals surface area contributed by atoms with Gasteiger partial charge in [-0.15, -0.1) is 11.3 Å². The molecular weight excluding hydrogens is 789 g/mol. The molecule has 0 N–H and O–H groups in total. The summed E-state index contributed by atoms with van der Waals surface area (Å²) < 4.78 is 117. The van der Waals surface area contributed by atoms with Crippen LogP contribution in [0.5, 0.6) is 0 Å². The van der Waals surface area contributed by atoms with Gasteiger partial charge in [0.25, 0.3) is 0 Å². The van der Waals surface area contributed by atoms with Crippen molar-refractivity contribution >= 4 is 75.3 Å². The molecule has 0 aliphatic carbocycles. The quantitative estimate of drug-likeness (QED) is 0.167. The van der Waals surface area contributed by atoms with Gasteiger partial charge in [0.1, 0.15) is 11.2 Å². The molecule has 4 heterocycles. The maximum Gasteiger partial charge on any atom is 0.164 e. The second-order valence-electron chi connectivity index (χ2n) is 15.1. The number of rotatable bonds is 6. The van der Waals surface area contributed by atoms with E-state index < -0.39 is 60.4 Å². The minimum Gasteiger partial charge on any atom is -0.456 e. The van der Waals surface area contributed by atoms with E-state index in [1.54, 1.807) is 11.3 Å². The highest BCUT2D eigenvalue weighted by atomic mass is 32.1. The van der Waals surface area contributed by atoms with E-state index in [1.807, 2.05) is 60.7 Å². The van der Waals surface area contributed by atoms with Gasteiger partial charge in [0.15, 0.2) is 17.5 Å². The third-order valence-corrected chi connectivity index (χ3v) is 12.5. The summed E-state index contributed by atoms with van der Waals surface area (Å²) in [4.78, 5) is 14.8. The molecule has 294 valence electrons. The number of fused-ring (bicyclic) bond motifs is 9. The highest BCUT2D eigenvalue weighted by molar-refractivity contribution is 7.25. The normalized spacial score (nSPS) is 14.5. The zero-order valence-electron chi connectivity index (χ0n) is 44.8. The molecular formula is C57H34N4OS. The Bertz CT molecular complexity index is 4560. The minimum atomic E-state index is -0.628. The van der Waals surface area contributed by atoms with E-state index in [0.717, 1.165) is 47.0 Å². The number of furan rings is 1. The molecule has 0 aliphatic heterocycles. The molecule has 0 spiro atoms. The van der Waals surface area contributed by atoms with Gasteiger partial charge in [-0.2, -0.15) is 0 Å². The Morgan fingerprint density at radius 3 is 1.71 bits per heavy atom. The highest BCUT2D eigenvalue weighted by Gasteiger charge is 2.18. The first kappa shape index (κ1) is 25.6. The van der Waals surface area contributed by atoms with Crippen LogP contribution in [0.2, 0.25) is 0 Å². The number of thiophene rings is 1. The number of hydrogen-bond donors (Lipinski definition) is 0. The second-order valence-corrected chi connectivity index (χ2v) is 16.2. The van der Waals surface area contributed by atoms with Crippen LogP contribution in [-0.2, 0) is 0 Å². The van der Waals surface area contributed by atoms with Crippen LogP contribution in [-0.4, -0.2) is 19.5 Å². The summed E-state index contributed by atoms with van der Waals surface area (Å²) in [6.07, 6.45) is 0. The Morgan fingerprint density at radius 1 is 0.381 bits per heavy atom. The number of aromatic nitrogens is 4. The Balaban J connectivity index is 0.963. The number of para-hydroxylation sites is 2. The van der Waals surface area contributed by atoms with E-state index in [2.05, 4.69) is 60.7 Å². The summed E-state index contributed by atoms with van der Waals surface area (Å²) in [7, 11) is 0. The Hall–Kier alpha value is -8.19. The van der Waals surface area contributed by atoms with Crippen LogP contribution >= 0.6 is 11.3 Å². The van der Waals surface area contributed by atoms with Crippen molar-refractivity contribution in [3.8, 4) is 62.1 Å². The van der Waals surface area contributed by atoms with Gasteiger partial charge in [0, 0.05) is 70.2 Å². The van der Waals surface area contributed by atoms with Gasteiger partial charge < -0.3 is 8.98 Å². The smallest absolute Gasteiger partial charge is 0.164 e. The van der Waals surface area contributed by atoms with Crippen LogP contribution in [0.15, 0.2) is 210 Å². The van der Waals surface area contributed by atoms with Crippen LogP contribution in [0, 0.1) is 0 Å². The Labute approximate surface area is 382 Å². The number of benzene rings is 9. The van der Waals surface area contributed by atoms with Crippen LogP contribution in [0.4, 0.5) is 0 Å². The van der Waals surface area contributed by atoms with E-state index in [1.165, 1.54) is 12.1 Å². The molecule has 13 aromatic rings. The van der Waals surface area contributed by atoms with E-state index in [0.29, 0.717) is 22.8 Å². The van der Waals surface area contributed by atoms with E-state index in [9.17, 15) is 5.48 Å². The second kappa shape index (κ2) is 14.2. The van der Waals surface area contributed by atoms with Gasteiger partial charge in [-0.1, -0.05) is 139 Å². The fraction of sp³-hybridized carbons (Fsp3) is 0. The maximum absolute atomic E-state index is 9.42. The van der Waals surface area contributed by atoms with Gasteiger partial charge in [0.05, 0.1) is 27.5 Å². The Kier molecular flexibility index (Phi) is 5.76. The topological polar surface area (TPSA) is 56.7 Å². The van der Waals surface area contributed by atoms with Gasteiger partial charge in [-0.3, -0.25) is 0 Å². The molecule has 13 rings (SSSR count).